The first kappa shape index (κ1) is 84.0. The van der Waals surface area contributed by atoms with Gasteiger partial charge in [-0.05, 0) is 70.6 Å². The molecule has 0 bridgehead atoms. The molecule has 0 aromatic rings. The SMILES string of the molecule is CCCCCCCCCC/C=C\CCCCCCCCCCCC(=O)NC(COC1OC(CO)C(OC2OC(CO)C(OC3OC(CO)C(O)C(O)C3O)C(O)C2O)C(O)C1O)C(O)/C=C/CC/C=C/CC/C=C/CCCCCCCCCCCCCCCCCC. The second-order valence-electron chi connectivity index (χ2n) is 26.4. The molecular weight excluding hydrogens is 1180 g/mol. The molecule has 3 heterocycles. The summed E-state index contributed by atoms with van der Waals surface area (Å²) < 4.78 is 34.4. The van der Waals surface area contributed by atoms with Crippen molar-refractivity contribution in [1.29, 1.82) is 0 Å². The van der Waals surface area contributed by atoms with Gasteiger partial charge in [0, 0.05) is 6.42 Å². The lowest BCUT2D eigenvalue weighted by Crippen LogP contribution is -2.66. The first-order valence-electron chi connectivity index (χ1n) is 36.9. The molecule has 0 spiro atoms. The van der Waals surface area contributed by atoms with Gasteiger partial charge in [0.15, 0.2) is 18.9 Å². The van der Waals surface area contributed by atoms with Crippen LogP contribution in [0.1, 0.15) is 277 Å². The summed E-state index contributed by atoms with van der Waals surface area (Å²) in [6, 6.07) is -0.999. The van der Waals surface area contributed by atoms with Gasteiger partial charge in [-0.3, -0.25) is 4.79 Å². The molecule has 538 valence electrons. The van der Waals surface area contributed by atoms with Gasteiger partial charge in [-0.25, -0.2) is 0 Å². The van der Waals surface area contributed by atoms with Gasteiger partial charge in [0.25, 0.3) is 0 Å². The molecular formula is C73H133NO18. The van der Waals surface area contributed by atoms with Gasteiger partial charge in [0.2, 0.25) is 5.91 Å². The Morgan fingerprint density at radius 1 is 0.380 bits per heavy atom. The summed E-state index contributed by atoms with van der Waals surface area (Å²) >= 11 is 0. The average molecular weight is 1310 g/mol. The van der Waals surface area contributed by atoms with E-state index in [1.807, 2.05) is 6.08 Å². The second kappa shape index (κ2) is 54.7. The van der Waals surface area contributed by atoms with Crippen LogP contribution < -0.4 is 5.32 Å². The number of ether oxygens (including phenoxy) is 6. The molecule has 0 aromatic carbocycles. The summed E-state index contributed by atoms with van der Waals surface area (Å²) in [6.45, 7) is 1.73. The fraction of sp³-hybridized carbons (Fsp3) is 0.877. The maximum atomic E-state index is 13.4. The van der Waals surface area contributed by atoms with Crippen molar-refractivity contribution in [3.8, 4) is 0 Å². The van der Waals surface area contributed by atoms with Crippen LogP contribution in [0.2, 0.25) is 0 Å². The van der Waals surface area contributed by atoms with Crippen molar-refractivity contribution in [3.05, 3.63) is 48.6 Å². The first-order chi connectivity index (χ1) is 44.8. The predicted octanol–water partition coefficient (Wildman–Crippen LogP) is 10.6. The molecule has 1 amide bonds. The van der Waals surface area contributed by atoms with Crippen LogP contribution in [0.3, 0.4) is 0 Å². The van der Waals surface area contributed by atoms with Crippen molar-refractivity contribution >= 4 is 5.91 Å². The van der Waals surface area contributed by atoms with Crippen molar-refractivity contribution in [1.82, 2.24) is 5.32 Å². The predicted molar refractivity (Wildman–Crippen MR) is 360 cm³/mol. The van der Waals surface area contributed by atoms with Gasteiger partial charge in [0.05, 0.1) is 38.6 Å². The minimum Gasteiger partial charge on any atom is -0.394 e. The summed E-state index contributed by atoms with van der Waals surface area (Å²) in [7, 11) is 0. The molecule has 0 aromatic heterocycles. The monoisotopic (exact) mass is 1310 g/mol. The number of aliphatic hydroxyl groups excluding tert-OH is 11. The van der Waals surface area contributed by atoms with E-state index in [2.05, 4.69) is 55.6 Å². The first-order valence-corrected chi connectivity index (χ1v) is 36.9. The van der Waals surface area contributed by atoms with Crippen molar-refractivity contribution in [2.75, 3.05) is 26.4 Å². The summed E-state index contributed by atoms with van der Waals surface area (Å²) in [4.78, 5) is 13.4. The molecule has 3 aliphatic heterocycles. The molecule has 3 saturated heterocycles. The van der Waals surface area contributed by atoms with E-state index in [1.54, 1.807) is 6.08 Å². The summed E-state index contributed by atoms with van der Waals surface area (Å²) in [6.07, 6.45) is 39.5. The highest BCUT2D eigenvalue weighted by molar-refractivity contribution is 5.76. The minimum absolute atomic E-state index is 0.230. The van der Waals surface area contributed by atoms with Gasteiger partial charge in [-0.15, -0.1) is 0 Å². The third-order valence-electron chi connectivity index (χ3n) is 18.3. The number of aliphatic hydroxyl groups is 11. The number of carbonyl (C=O) groups is 1. The third-order valence-corrected chi connectivity index (χ3v) is 18.3. The molecule has 19 nitrogen and oxygen atoms in total. The zero-order valence-electron chi connectivity index (χ0n) is 57.0. The summed E-state index contributed by atoms with van der Waals surface area (Å²) in [5.74, 6) is -0.290. The lowest BCUT2D eigenvalue weighted by Gasteiger charge is -2.48. The fourth-order valence-electron chi connectivity index (χ4n) is 12.3. The normalized spacial score (nSPS) is 27.9. The zero-order valence-corrected chi connectivity index (χ0v) is 57.0. The van der Waals surface area contributed by atoms with Crippen LogP contribution in [-0.2, 0) is 33.2 Å². The molecule has 12 N–H and O–H groups in total. The maximum Gasteiger partial charge on any atom is 0.220 e. The number of rotatable bonds is 57. The molecule has 0 aliphatic carbocycles. The quantitative estimate of drug-likeness (QED) is 0.0199. The van der Waals surface area contributed by atoms with Gasteiger partial charge in [-0.2, -0.15) is 0 Å². The lowest BCUT2D eigenvalue weighted by molar-refractivity contribution is -0.379. The molecule has 0 radical (unpaired) electrons. The van der Waals surface area contributed by atoms with E-state index in [9.17, 15) is 61.0 Å². The number of hydrogen-bond acceptors (Lipinski definition) is 18. The highest BCUT2D eigenvalue weighted by atomic mass is 16.8. The van der Waals surface area contributed by atoms with Crippen LogP contribution >= 0.6 is 0 Å². The molecule has 19 heteroatoms. The van der Waals surface area contributed by atoms with E-state index in [0.717, 1.165) is 57.8 Å². The summed E-state index contributed by atoms with van der Waals surface area (Å²) in [5.41, 5.74) is 0. The molecule has 17 unspecified atom stereocenters. The Morgan fingerprint density at radius 2 is 0.696 bits per heavy atom. The van der Waals surface area contributed by atoms with Crippen LogP contribution in [-0.4, -0.2) is 193 Å². The van der Waals surface area contributed by atoms with E-state index in [-0.39, 0.29) is 18.9 Å². The number of allylic oxidation sites excluding steroid dienone is 7. The number of hydrogen-bond donors (Lipinski definition) is 12. The lowest BCUT2D eigenvalue weighted by atomic mass is 9.96. The average Bonchev–Trinajstić information content (AvgIpc) is 0.838. The molecule has 3 fully saturated rings. The molecule has 3 rings (SSSR count). The number of nitrogens with one attached hydrogen (secondary N) is 1. The van der Waals surface area contributed by atoms with E-state index in [0.29, 0.717) is 12.8 Å². The second-order valence-corrected chi connectivity index (χ2v) is 26.4. The molecule has 3 aliphatic rings. The standard InChI is InChI=1S/C73H133NO18/c1-3-5-7-9-11-13-15-17-19-21-23-25-26-27-28-29-31-32-34-36-38-40-42-44-46-48-50-57(78)56(74-61(79)51-49-47-45-43-41-39-37-35-33-30-24-22-20-18-16-14-12-10-8-6-4-2)55-87-71-67(85)64(82)69(59(53-76)89-71)92-73-68(86)65(83)70(60(54-77)90-73)91-72-66(84)63(81)62(80)58(52-75)88-72/h22,24,32,34,40,42,48,50,56-60,62-73,75-78,80-86H,3-21,23,25-31,33,35-39,41,43-47,49,51-55H2,1-2H3,(H,74,79)/b24-22-,34-32+,42-40+,50-48+. The Balaban J connectivity index is 1.44. The van der Waals surface area contributed by atoms with Crippen LogP contribution in [0.5, 0.6) is 0 Å². The smallest absolute Gasteiger partial charge is 0.220 e. The van der Waals surface area contributed by atoms with E-state index in [1.165, 1.54) is 186 Å². The Labute approximate surface area is 554 Å². The topological polar surface area (TPSA) is 307 Å². The Morgan fingerprint density at radius 3 is 1.09 bits per heavy atom. The molecule has 17 atom stereocenters. The van der Waals surface area contributed by atoms with Crippen LogP contribution in [0.4, 0.5) is 0 Å². The van der Waals surface area contributed by atoms with E-state index in [4.69, 9.17) is 28.4 Å². The maximum absolute atomic E-state index is 13.4. The third kappa shape index (κ3) is 35.8. The van der Waals surface area contributed by atoms with Gasteiger partial charge in [0.1, 0.15) is 73.2 Å². The van der Waals surface area contributed by atoms with Crippen molar-refractivity contribution < 1.29 is 89.4 Å². The van der Waals surface area contributed by atoms with Crippen molar-refractivity contribution in [2.45, 2.75) is 381 Å². The van der Waals surface area contributed by atoms with Gasteiger partial charge in [-0.1, -0.05) is 249 Å². The fourth-order valence-corrected chi connectivity index (χ4v) is 12.3. The molecule has 92 heavy (non-hydrogen) atoms. The summed E-state index contributed by atoms with van der Waals surface area (Å²) in [5, 5.41) is 121. The van der Waals surface area contributed by atoms with Gasteiger partial charge >= 0.3 is 0 Å². The van der Waals surface area contributed by atoms with Crippen molar-refractivity contribution in [3.63, 3.8) is 0 Å². The molecule has 0 saturated carbocycles. The highest BCUT2D eigenvalue weighted by Crippen LogP contribution is 2.33. The van der Waals surface area contributed by atoms with Crippen molar-refractivity contribution in [2.24, 2.45) is 0 Å². The van der Waals surface area contributed by atoms with Crippen LogP contribution in [0.15, 0.2) is 48.6 Å². The number of amides is 1. The van der Waals surface area contributed by atoms with Crippen LogP contribution in [0, 0.1) is 0 Å². The van der Waals surface area contributed by atoms with E-state index >= 15 is 0 Å². The number of carbonyl (C=O) groups excluding carboxylic acids is 1. The minimum atomic E-state index is -1.98. The zero-order chi connectivity index (χ0) is 66.8. The Bertz CT molecular complexity index is 1860. The van der Waals surface area contributed by atoms with E-state index < -0.39 is 124 Å². The number of unbranched alkanes of at least 4 members (excludes halogenated alkanes) is 35. The Hall–Kier alpha value is -2.25. The Kier molecular flexibility index (Phi) is 50.0. The largest absolute Gasteiger partial charge is 0.394 e. The van der Waals surface area contributed by atoms with Gasteiger partial charge < -0.3 is 89.9 Å². The highest BCUT2D eigenvalue weighted by Gasteiger charge is 2.53. The van der Waals surface area contributed by atoms with Crippen LogP contribution in [0.25, 0.3) is 0 Å².